The van der Waals surface area contributed by atoms with E-state index in [0.717, 1.165) is 17.4 Å². The number of para-hydroxylation sites is 1. The van der Waals surface area contributed by atoms with E-state index >= 15 is 0 Å². The predicted molar refractivity (Wildman–Crippen MR) is 123 cm³/mol. The molecular weight excluding hydrogens is 376 g/mol. The maximum atomic E-state index is 5.69. The number of hydrogen-bond donors (Lipinski definition) is 1. The zero-order chi connectivity index (χ0) is 20.7. The molecule has 150 valence electrons. The Hall–Kier alpha value is -2.66. The van der Waals surface area contributed by atoms with Crippen molar-refractivity contribution in [2.24, 2.45) is 0 Å². The summed E-state index contributed by atoms with van der Waals surface area (Å²) in [5.74, 6) is 0. The van der Waals surface area contributed by atoms with Crippen molar-refractivity contribution in [2.75, 3.05) is 6.54 Å². The quantitative estimate of drug-likeness (QED) is 0.614. The topological polar surface area (TPSA) is 33.1 Å². The summed E-state index contributed by atoms with van der Waals surface area (Å²) >= 11 is 5.69. The molecule has 0 radical (unpaired) electrons. The van der Waals surface area contributed by atoms with Crippen LogP contribution in [0.4, 0.5) is 0 Å². The normalized spacial score (nSPS) is 18.9. The molecule has 2 aromatic heterocycles. The summed E-state index contributed by atoms with van der Waals surface area (Å²) in [7, 11) is 0. The minimum absolute atomic E-state index is 0.0376. The van der Waals surface area contributed by atoms with E-state index < -0.39 is 0 Å². The monoisotopic (exact) mass is 404 g/mol. The molecule has 5 heteroatoms. The lowest BCUT2D eigenvalue weighted by Gasteiger charge is -2.27. The smallest absolute Gasteiger partial charge is 0.170 e. The average Bonchev–Trinajstić information content (AvgIpc) is 3.19. The van der Waals surface area contributed by atoms with Crippen LogP contribution in [0.1, 0.15) is 52.8 Å². The Morgan fingerprint density at radius 2 is 1.76 bits per heavy atom. The number of aryl methyl sites for hydroxylation is 3. The molecule has 1 aromatic carbocycles. The largest absolute Gasteiger partial charge is 0.352 e. The Kier molecular flexibility index (Phi) is 5.17. The predicted octanol–water partition coefficient (Wildman–Crippen LogP) is 5.10. The number of nitrogens with zero attached hydrogens (tertiary/aromatic N) is 3. The Morgan fingerprint density at radius 1 is 1.03 bits per heavy atom. The Labute approximate surface area is 178 Å². The molecule has 1 aliphatic rings. The van der Waals surface area contributed by atoms with Gasteiger partial charge in [0.05, 0.1) is 23.5 Å². The molecule has 1 aliphatic heterocycles. The van der Waals surface area contributed by atoms with Gasteiger partial charge >= 0.3 is 0 Å². The zero-order valence-electron chi connectivity index (χ0n) is 17.7. The average molecular weight is 405 g/mol. The number of hydrogen-bond acceptors (Lipinski definition) is 2. The van der Waals surface area contributed by atoms with Crippen LogP contribution in [0.5, 0.6) is 0 Å². The van der Waals surface area contributed by atoms with E-state index in [1.165, 1.54) is 33.8 Å². The SMILES string of the molecule is CCN1C(=S)N[C@@H](c2ccccn2)[C@@H]1c1cc(C)n(-c2c(C)cccc2C)c1C. The first-order valence-corrected chi connectivity index (χ1v) is 10.6. The lowest BCUT2D eigenvalue weighted by atomic mass is 9.97. The van der Waals surface area contributed by atoms with Gasteiger partial charge in [0.1, 0.15) is 0 Å². The van der Waals surface area contributed by atoms with Crippen LogP contribution in [0.25, 0.3) is 5.69 Å². The number of aromatic nitrogens is 2. The molecular formula is C24H28N4S. The second-order valence-electron chi connectivity index (χ2n) is 7.81. The van der Waals surface area contributed by atoms with Crippen molar-refractivity contribution in [2.45, 2.75) is 46.7 Å². The van der Waals surface area contributed by atoms with E-state index in [2.05, 4.69) is 84.7 Å². The molecule has 0 spiro atoms. The van der Waals surface area contributed by atoms with Crippen molar-refractivity contribution in [3.63, 3.8) is 0 Å². The highest BCUT2D eigenvalue weighted by Gasteiger charge is 2.40. The van der Waals surface area contributed by atoms with Crippen molar-refractivity contribution in [1.82, 2.24) is 19.8 Å². The fourth-order valence-corrected chi connectivity index (χ4v) is 5.04. The van der Waals surface area contributed by atoms with Gasteiger partial charge in [-0.25, -0.2) is 0 Å². The third-order valence-electron chi connectivity index (χ3n) is 5.99. The van der Waals surface area contributed by atoms with Gasteiger partial charge in [-0.2, -0.15) is 0 Å². The molecule has 0 saturated carbocycles. The van der Waals surface area contributed by atoms with Crippen LogP contribution >= 0.6 is 12.2 Å². The summed E-state index contributed by atoms with van der Waals surface area (Å²) in [6.07, 6.45) is 1.85. The summed E-state index contributed by atoms with van der Waals surface area (Å²) in [5, 5.41) is 4.32. The van der Waals surface area contributed by atoms with Gasteiger partial charge in [-0.05, 0) is 81.7 Å². The standard InChI is InChI=1S/C24H28N4S/c1-6-27-23(21(26-24(27)29)20-12-7-8-13-25-20)19-14-17(4)28(18(19)5)22-15(2)10-9-11-16(22)3/h7-14,21,23H,6H2,1-5H3,(H,26,29)/t21-,23-/m0/s1. The van der Waals surface area contributed by atoms with Gasteiger partial charge in [-0.3, -0.25) is 4.98 Å². The molecule has 0 amide bonds. The summed E-state index contributed by atoms with van der Waals surface area (Å²) in [5.41, 5.74) is 8.67. The molecule has 1 saturated heterocycles. The van der Waals surface area contributed by atoms with Gasteiger partial charge in [-0.1, -0.05) is 24.3 Å². The van der Waals surface area contributed by atoms with Crippen LogP contribution in [0.2, 0.25) is 0 Å². The molecule has 0 aliphatic carbocycles. The summed E-state index contributed by atoms with van der Waals surface area (Å²) < 4.78 is 2.39. The fourth-order valence-electron chi connectivity index (χ4n) is 4.67. The Balaban J connectivity index is 1.88. The lowest BCUT2D eigenvalue weighted by Crippen LogP contribution is -2.29. The van der Waals surface area contributed by atoms with Crippen LogP contribution in [0.3, 0.4) is 0 Å². The number of likely N-dealkylation sites (N-methyl/N-ethyl adjacent to an activating group) is 1. The lowest BCUT2D eigenvalue weighted by molar-refractivity contribution is 0.329. The van der Waals surface area contributed by atoms with Gasteiger partial charge in [-0.15, -0.1) is 0 Å². The number of nitrogens with one attached hydrogen (secondary N) is 1. The van der Waals surface area contributed by atoms with E-state index in [0.29, 0.717) is 0 Å². The van der Waals surface area contributed by atoms with Crippen molar-refractivity contribution in [3.05, 3.63) is 82.4 Å². The third-order valence-corrected chi connectivity index (χ3v) is 6.34. The van der Waals surface area contributed by atoms with Crippen LogP contribution in [-0.2, 0) is 0 Å². The molecule has 1 fully saturated rings. The van der Waals surface area contributed by atoms with Crippen molar-refractivity contribution >= 4 is 17.3 Å². The molecule has 0 bridgehead atoms. The summed E-state index contributed by atoms with van der Waals surface area (Å²) in [6, 6.07) is 15.0. The van der Waals surface area contributed by atoms with Gasteiger partial charge in [0.15, 0.2) is 5.11 Å². The molecule has 4 rings (SSSR count). The molecule has 3 aromatic rings. The Bertz CT molecular complexity index is 1030. The first-order chi connectivity index (χ1) is 13.9. The molecule has 2 atom stereocenters. The number of benzene rings is 1. The van der Waals surface area contributed by atoms with Gasteiger partial charge in [0.25, 0.3) is 0 Å². The Morgan fingerprint density at radius 3 is 2.38 bits per heavy atom. The maximum Gasteiger partial charge on any atom is 0.170 e. The summed E-state index contributed by atoms with van der Waals surface area (Å²) in [4.78, 5) is 6.91. The molecule has 0 unspecified atom stereocenters. The molecule has 29 heavy (non-hydrogen) atoms. The third kappa shape index (κ3) is 3.23. The minimum Gasteiger partial charge on any atom is -0.352 e. The number of thiocarbonyl (C=S) groups is 1. The highest BCUT2D eigenvalue weighted by molar-refractivity contribution is 7.80. The van der Waals surface area contributed by atoms with Gasteiger partial charge in [0.2, 0.25) is 0 Å². The second kappa shape index (κ2) is 7.64. The van der Waals surface area contributed by atoms with Crippen molar-refractivity contribution in [1.29, 1.82) is 0 Å². The first kappa shape index (κ1) is 19.6. The number of pyridine rings is 1. The number of rotatable bonds is 4. The fraction of sp³-hybridized carbons (Fsp3) is 0.333. The first-order valence-electron chi connectivity index (χ1n) is 10.2. The van der Waals surface area contributed by atoms with E-state index in [4.69, 9.17) is 12.2 Å². The van der Waals surface area contributed by atoms with Crippen LogP contribution in [-0.4, -0.2) is 26.1 Å². The van der Waals surface area contributed by atoms with Crippen molar-refractivity contribution in [3.8, 4) is 5.69 Å². The van der Waals surface area contributed by atoms with E-state index in [1.807, 2.05) is 18.3 Å². The van der Waals surface area contributed by atoms with Gasteiger partial charge < -0.3 is 14.8 Å². The molecule has 1 N–H and O–H groups in total. The second-order valence-corrected chi connectivity index (χ2v) is 8.20. The van der Waals surface area contributed by atoms with Gasteiger partial charge in [0, 0.05) is 24.1 Å². The molecule has 3 heterocycles. The maximum absolute atomic E-state index is 5.69. The highest BCUT2D eigenvalue weighted by atomic mass is 32.1. The zero-order valence-corrected chi connectivity index (χ0v) is 18.5. The van der Waals surface area contributed by atoms with E-state index in [9.17, 15) is 0 Å². The molecule has 4 nitrogen and oxygen atoms in total. The van der Waals surface area contributed by atoms with E-state index in [1.54, 1.807) is 0 Å². The van der Waals surface area contributed by atoms with Crippen LogP contribution < -0.4 is 5.32 Å². The highest BCUT2D eigenvalue weighted by Crippen LogP contribution is 2.41. The van der Waals surface area contributed by atoms with E-state index in [-0.39, 0.29) is 12.1 Å². The van der Waals surface area contributed by atoms with Crippen molar-refractivity contribution < 1.29 is 0 Å². The summed E-state index contributed by atoms with van der Waals surface area (Å²) in [6.45, 7) is 11.8. The minimum atomic E-state index is 0.0376. The van der Waals surface area contributed by atoms with Crippen LogP contribution in [0.15, 0.2) is 48.7 Å². The van der Waals surface area contributed by atoms with Crippen LogP contribution in [0, 0.1) is 27.7 Å².